The summed E-state index contributed by atoms with van der Waals surface area (Å²) in [5.41, 5.74) is 1.82. The summed E-state index contributed by atoms with van der Waals surface area (Å²) in [5, 5.41) is 3.42. The number of halogens is 2. The summed E-state index contributed by atoms with van der Waals surface area (Å²) >= 11 is 11.9. The zero-order valence-corrected chi connectivity index (χ0v) is 19.6. The lowest BCUT2D eigenvalue weighted by molar-refractivity contribution is -0.129. The van der Waals surface area contributed by atoms with Crippen LogP contribution < -0.4 is 5.32 Å². The molecule has 0 bridgehead atoms. The maximum Gasteiger partial charge on any atom is 0.251 e. The Bertz CT molecular complexity index is 945. The van der Waals surface area contributed by atoms with Crippen molar-refractivity contribution in [1.29, 1.82) is 0 Å². The first-order valence-corrected chi connectivity index (χ1v) is 12.0. The van der Waals surface area contributed by atoms with Crippen LogP contribution in [0.15, 0.2) is 48.5 Å². The van der Waals surface area contributed by atoms with E-state index in [2.05, 4.69) is 40.5 Å². The van der Waals surface area contributed by atoms with Crippen LogP contribution in [0.25, 0.3) is 0 Å². The molecule has 2 saturated heterocycles. The molecular weight excluding hydrogens is 445 g/mol. The number of hydrogen-bond donors (Lipinski definition) is 1. The predicted octanol–water partition coefficient (Wildman–Crippen LogP) is 4.28. The van der Waals surface area contributed by atoms with Crippen molar-refractivity contribution in [2.45, 2.75) is 31.7 Å². The minimum atomic E-state index is -0.326. The lowest BCUT2D eigenvalue weighted by Gasteiger charge is -2.36. The molecule has 2 heterocycles. The molecule has 2 aromatic rings. The van der Waals surface area contributed by atoms with Crippen molar-refractivity contribution in [2.75, 3.05) is 32.7 Å². The highest BCUT2D eigenvalue weighted by molar-refractivity contribution is 6.42. The molecule has 2 aliphatic heterocycles. The monoisotopic (exact) mass is 473 g/mol. The SMILES string of the molecule is O=C(NCC(=O)N1CCC(N2CCC(Cc3ccccc3)CC2)C1)c1ccc(Cl)c(Cl)c1. The second-order valence-electron chi connectivity index (χ2n) is 8.76. The van der Waals surface area contributed by atoms with Crippen LogP contribution in [0.2, 0.25) is 10.0 Å². The number of carbonyl (C=O) groups is 2. The van der Waals surface area contributed by atoms with Gasteiger partial charge in [0.2, 0.25) is 5.91 Å². The second-order valence-corrected chi connectivity index (χ2v) is 9.58. The second kappa shape index (κ2) is 10.7. The molecule has 2 fully saturated rings. The summed E-state index contributed by atoms with van der Waals surface area (Å²) in [7, 11) is 0. The van der Waals surface area contributed by atoms with E-state index in [0.29, 0.717) is 21.7 Å². The van der Waals surface area contributed by atoms with Crippen molar-refractivity contribution in [3.05, 3.63) is 69.7 Å². The molecule has 5 nitrogen and oxygen atoms in total. The molecule has 1 unspecified atom stereocenters. The first-order chi connectivity index (χ1) is 15.5. The van der Waals surface area contributed by atoms with Gasteiger partial charge in [0.05, 0.1) is 16.6 Å². The zero-order valence-electron chi connectivity index (χ0n) is 18.1. The maximum atomic E-state index is 12.6. The topological polar surface area (TPSA) is 52.7 Å². The average molecular weight is 474 g/mol. The van der Waals surface area contributed by atoms with E-state index in [0.717, 1.165) is 44.9 Å². The van der Waals surface area contributed by atoms with Gasteiger partial charge < -0.3 is 10.2 Å². The summed E-state index contributed by atoms with van der Waals surface area (Å²) in [6.07, 6.45) is 4.57. The minimum absolute atomic E-state index is 0.00898. The van der Waals surface area contributed by atoms with E-state index in [1.165, 1.54) is 24.5 Å². The number of likely N-dealkylation sites (tertiary alicyclic amines) is 2. The molecule has 0 saturated carbocycles. The first-order valence-electron chi connectivity index (χ1n) is 11.3. The van der Waals surface area contributed by atoms with Gasteiger partial charge in [-0.1, -0.05) is 53.5 Å². The van der Waals surface area contributed by atoms with Crippen molar-refractivity contribution in [3.63, 3.8) is 0 Å². The fourth-order valence-corrected chi connectivity index (χ4v) is 5.04. The number of piperidine rings is 1. The van der Waals surface area contributed by atoms with E-state index in [-0.39, 0.29) is 18.4 Å². The van der Waals surface area contributed by atoms with Gasteiger partial charge in [-0.3, -0.25) is 14.5 Å². The molecule has 32 heavy (non-hydrogen) atoms. The molecule has 1 N–H and O–H groups in total. The van der Waals surface area contributed by atoms with Gasteiger partial charge in [-0.15, -0.1) is 0 Å². The largest absolute Gasteiger partial charge is 0.343 e. The molecule has 1 atom stereocenters. The van der Waals surface area contributed by atoms with E-state index in [1.807, 2.05) is 4.90 Å². The number of benzene rings is 2. The van der Waals surface area contributed by atoms with E-state index < -0.39 is 0 Å². The number of carbonyl (C=O) groups excluding carboxylic acids is 2. The minimum Gasteiger partial charge on any atom is -0.343 e. The highest BCUT2D eigenvalue weighted by atomic mass is 35.5. The van der Waals surface area contributed by atoms with Gasteiger partial charge in [-0.2, -0.15) is 0 Å². The molecule has 170 valence electrons. The van der Waals surface area contributed by atoms with E-state index in [4.69, 9.17) is 23.2 Å². The highest BCUT2D eigenvalue weighted by Gasteiger charge is 2.32. The summed E-state index contributed by atoms with van der Waals surface area (Å²) in [4.78, 5) is 29.4. The molecule has 0 radical (unpaired) electrons. The standard InChI is InChI=1S/C25H29Cl2N3O2/c26-22-7-6-20(15-23(22)27)25(32)28-16-24(31)30-13-10-21(17-30)29-11-8-19(9-12-29)14-18-4-2-1-3-5-18/h1-7,15,19,21H,8-14,16-17H2,(H,28,32). The van der Waals surface area contributed by atoms with Crippen LogP contribution in [0, 0.1) is 5.92 Å². The summed E-state index contributed by atoms with van der Waals surface area (Å²) in [6, 6.07) is 15.8. The molecule has 7 heteroatoms. The van der Waals surface area contributed by atoms with Crippen molar-refractivity contribution in [3.8, 4) is 0 Å². The Morgan fingerprint density at radius 3 is 2.41 bits per heavy atom. The van der Waals surface area contributed by atoms with Crippen LogP contribution in [-0.2, 0) is 11.2 Å². The van der Waals surface area contributed by atoms with Gasteiger partial charge >= 0.3 is 0 Å². The predicted molar refractivity (Wildman–Crippen MR) is 128 cm³/mol. The van der Waals surface area contributed by atoms with Gasteiger partial charge in [0.25, 0.3) is 5.91 Å². The third-order valence-electron chi connectivity index (χ3n) is 6.63. The van der Waals surface area contributed by atoms with Gasteiger partial charge in [0.15, 0.2) is 0 Å². The van der Waals surface area contributed by atoms with Crippen LogP contribution in [-0.4, -0.2) is 60.4 Å². The Labute approximate surface area is 199 Å². The third-order valence-corrected chi connectivity index (χ3v) is 7.37. The van der Waals surface area contributed by atoms with E-state index in [9.17, 15) is 9.59 Å². The van der Waals surface area contributed by atoms with Gasteiger partial charge in [0, 0.05) is 24.7 Å². The molecule has 0 spiro atoms. The highest BCUT2D eigenvalue weighted by Crippen LogP contribution is 2.26. The van der Waals surface area contributed by atoms with Crippen molar-refractivity contribution in [1.82, 2.24) is 15.1 Å². The fourth-order valence-electron chi connectivity index (χ4n) is 4.74. The fraction of sp³-hybridized carbons (Fsp3) is 0.440. The summed E-state index contributed by atoms with van der Waals surface area (Å²) in [6.45, 7) is 3.67. The molecular formula is C25H29Cl2N3O2. The lowest BCUT2D eigenvalue weighted by Crippen LogP contribution is -2.45. The van der Waals surface area contributed by atoms with Crippen molar-refractivity contribution in [2.24, 2.45) is 5.92 Å². The van der Waals surface area contributed by atoms with Crippen molar-refractivity contribution < 1.29 is 9.59 Å². The van der Waals surface area contributed by atoms with E-state index in [1.54, 1.807) is 12.1 Å². The van der Waals surface area contributed by atoms with Crippen molar-refractivity contribution >= 4 is 35.0 Å². The Hall–Kier alpha value is -2.08. The Kier molecular flexibility index (Phi) is 7.71. The number of hydrogen-bond acceptors (Lipinski definition) is 3. The summed E-state index contributed by atoms with van der Waals surface area (Å²) in [5.74, 6) is 0.373. The third kappa shape index (κ3) is 5.83. The quantitative estimate of drug-likeness (QED) is 0.680. The smallest absolute Gasteiger partial charge is 0.251 e. The van der Waals surface area contributed by atoms with Crippen LogP contribution in [0.1, 0.15) is 35.2 Å². The number of nitrogens with zero attached hydrogens (tertiary/aromatic N) is 2. The maximum absolute atomic E-state index is 12.6. The number of nitrogens with one attached hydrogen (secondary N) is 1. The lowest BCUT2D eigenvalue weighted by atomic mass is 9.89. The Morgan fingerprint density at radius 1 is 0.938 bits per heavy atom. The Morgan fingerprint density at radius 2 is 1.69 bits per heavy atom. The van der Waals surface area contributed by atoms with Gasteiger partial charge in [0.1, 0.15) is 0 Å². The Balaban J connectivity index is 1.20. The molecule has 2 aromatic carbocycles. The molecule has 2 aliphatic rings. The van der Waals surface area contributed by atoms with Gasteiger partial charge in [-0.25, -0.2) is 0 Å². The van der Waals surface area contributed by atoms with Crippen LogP contribution >= 0.6 is 23.2 Å². The number of amides is 2. The molecule has 4 rings (SSSR count). The first kappa shape index (κ1) is 23.1. The van der Waals surface area contributed by atoms with Crippen LogP contribution in [0.3, 0.4) is 0 Å². The summed E-state index contributed by atoms with van der Waals surface area (Å²) < 4.78 is 0. The average Bonchev–Trinajstić information content (AvgIpc) is 3.31. The molecule has 0 aliphatic carbocycles. The molecule has 0 aromatic heterocycles. The zero-order chi connectivity index (χ0) is 22.5. The van der Waals surface area contributed by atoms with Crippen LogP contribution in [0.5, 0.6) is 0 Å². The normalized spacial score (nSPS) is 19.8. The van der Waals surface area contributed by atoms with Gasteiger partial charge in [-0.05, 0) is 68.5 Å². The number of rotatable bonds is 6. The van der Waals surface area contributed by atoms with E-state index >= 15 is 0 Å². The molecule has 2 amide bonds. The van der Waals surface area contributed by atoms with Crippen LogP contribution in [0.4, 0.5) is 0 Å².